The summed E-state index contributed by atoms with van der Waals surface area (Å²) < 4.78 is 4.79. The van der Waals surface area contributed by atoms with Gasteiger partial charge in [-0.15, -0.1) is 0 Å². The van der Waals surface area contributed by atoms with Crippen LogP contribution in [-0.2, 0) is 4.74 Å². The molecule has 2 aromatic carbocycles. The van der Waals surface area contributed by atoms with Crippen molar-refractivity contribution >= 4 is 52.2 Å². The Morgan fingerprint density at radius 2 is 1.62 bits per heavy atom. The number of benzene rings is 2. The number of halogens is 2. The van der Waals surface area contributed by atoms with Crippen molar-refractivity contribution in [1.29, 1.82) is 0 Å². The Labute approximate surface area is 160 Å². The third-order valence-electron chi connectivity index (χ3n) is 3.48. The van der Waals surface area contributed by atoms with Crippen LogP contribution >= 0.6 is 23.2 Å². The molecule has 6 nitrogen and oxygen atoms in total. The van der Waals surface area contributed by atoms with Crippen molar-refractivity contribution in [2.75, 3.05) is 17.7 Å². The van der Waals surface area contributed by atoms with E-state index in [4.69, 9.17) is 27.9 Å². The maximum atomic E-state index is 11.9. The summed E-state index contributed by atoms with van der Waals surface area (Å²) in [5, 5.41) is 7.10. The van der Waals surface area contributed by atoms with E-state index in [-0.39, 0.29) is 0 Å². The predicted octanol–water partition coefficient (Wildman–Crippen LogP) is 5.06. The molecule has 132 valence electrons. The van der Waals surface area contributed by atoms with E-state index < -0.39 is 5.97 Å². The molecule has 0 fully saturated rings. The quantitative estimate of drug-likeness (QED) is 0.595. The van der Waals surface area contributed by atoms with Crippen molar-refractivity contribution in [3.8, 4) is 0 Å². The molecule has 0 spiro atoms. The number of hydrogen-bond acceptors (Lipinski definition) is 6. The first kappa shape index (κ1) is 18.0. The number of methoxy groups -OCH3 is 1. The first-order valence-electron chi connectivity index (χ1n) is 7.56. The molecule has 1 heterocycles. The van der Waals surface area contributed by atoms with Crippen LogP contribution in [-0.4, -0.2) is 23.0 Å². The van der Waals surface area contributed by atoms with Crippen LogP contribution in [0.4, 0.5) is 23.0 Å². The topological polar surface area (TPSA) is 76.1 Å². The highest BCUT2D eigenvalue weighted by Gasteiger charge is 2.12. The summed E-state index contributed by atoms with van der Waals surface area (Å²) in [6.07, 6.45) is 1.39. The summed E-state index contributed by atoms with van der Waals surface area (Å²) in [6.45, 7) is 0. The van der Waals surface area contributed by atoms with E-state index in [2.05, 4.69) is 20.6 Å². The van der Waals surface area contributed by atoms with Crippen LogP contribution in [0.5, 0.6) is 0 Å². The van der Waals surface area contributed by atoms with Crippen LogP contribution < -0.4 is 10.6 Å². The van der Waals surface area contributed by atoms with E-state index in [0.717, 1.165) is 0 Å². The van der Waals surface area contributed by atoms with Gasteiger partial charge < -0.3 is 15.4 Å². The normalized spacial score (nSPS) is 10.3. The van der Waals surface area contributed by atoms with Gasteiger partial charge in [0.2, 0.25) is 0 Å². The molecular formula is C18H14Cl2N4O2. The van der Waals surface area contributed by atoms with Crippen LogP contribution in [0.25, 0.3) is 0 Å². The molecule has 0 aliphatic heterocycles. The zero-order valence-electron chi connectivity index (χ0n) is 13.7. The summed E-state index contributed by atoms with van der Waals surface area (Å²) in [4.78, 5) is 20.2. The number of para-hydroxylation sites is 2. The maximum Gasteiger partial charge on any atom is 0.339 e. The minimum atomic E-state index is -0.441. The van der Waals surface area contributed by atoms with Gasteiger partial charge in [0.15, 0.2) is 0 Å². The van der Waals surface area contributed by atoms with E-state index in [1.807, 2.05) is 0 Å². The van der Waals surface area contributed by atoms with E-state index in [1.165, 1.54) is 13.4 Å². The van der Waals surface area contributed by atoms with E-state index >= 15 is 0 Å². The fourth-order valence-corrected chi connectivity index (χ4v) is 2.75. The lowest BCUT2D eigenvalue weighted by Gasteiger charge is -2.12. The number of nitrogens with zero attached hydrogens (tertiary/aromatic N) is 2. The zero-order chi connectivity index (χ0) is 18.5. The lowest BCUT2D eigenvalue weighted by atomic mass is 10.2. The van der Waals surface area contributed by atoms with Crippen LogP contribution in [0.1, 0.15) is 10.4 Å². The summed E-state index contributed by atoms with van der Waals surface area (Å²) in [7, 11) is 1.33. The Morgan fingerprint density at radius 1 is 0.962 bits per heavy atom. The molecular weight excluding hydrogens is 375 g/mol. The number of ether oxygens (including phenoxy) is 1. The zero-order valence-corrected chi connectivity index (χ0v) is 15.2. The van der Waals surface area contributed by atoms with Gasteiger partial charge in [0.25, 0.3) is 0 Å². The molecule has 0 aliphatic rings. The van der Waals surface area contributed by atoms with E-state index in [1.54, 1.807) is 48.5 Å². The summed E-state index contributed by atoms with van der Waals surface area (Å²) in [6, 6.07) is 13.9. The highest BCUT2D eigenvalue weighted by atomic mass is 35.5. The molecule has 8 heteroatoms. The molecule has 1 aromatic heterocycles. The van der Waals surface area contributed by atoms with Crippen molar-refractivity contribution in [2.45, 2.75) is 0 Å². The number of rotatable bonds is 5. The molecule has 0 unspecified atom stereocenters. The molecule has 0 saturated carbocycles. The predicted molar refractivity (Wildman–Crippen MR) is 103 cm³/mol. The fraction of sp³-hybridized carbons (Fsp3) is 0.0556. The molecule has 26 heavy (non-hydrogen) atoms. The van der Waals surface area contributed by atoms with E-state index in [9.17, 15) is 4.79 Å². The van der Waals surface area contributed by atoms with Gasteiger partial charge in [-0.25, -0.2) is 14.8 Å². The second-order valence-corrected chi connectivity index (χ2v) is 5.99. The Bertz CT molecular complexity index is 930. The van der Waals surface area contributed by atoms with Gasteiger partial charge in [0.05, 0.1) is 34.1 Å². The maximum absolute atomic E-state index is 11.9. The lowest BCUT2D eigenvalue weighted by Crippen LogP contribution is -2.06. The van der Waals surface area contributed by atoms with Crippen molar-refractivity contribution in [3.05, 3.63) is 70.5 Å². The van der Waals surface area contributed by atoms with Gasteiger partial charge in [0.1, 0.15) is 18.0 Å². The third-order valence-corrected chi connectivity index (χ3v) is 4.11. The lowest BCUT2D eigenvalue weighted by molar-refractivity contribution is 0.0602. The Kier molecular flexibility index (Phi) is 5.55. The van der Waals surface area contributed by atoms with Crippen molar-refractivity contribution in [2.24, 2.45) is 0 Å². The average molecular weight is 389 g/mol. The number of aromatic nitrogens is 2. The highest BCUT2D eigenvalue weighted by Crippen LogP contribution is 2.32. The Balaban J connectivity index is 1.86. The molecule has 0 saturated heterocycles. The SMILES string of the molecule is COC(=O)c1ccccc1Nc1cc(Nc2c(Cl)cccc2Cl)ncn1. The molecule has 0 aliphatic carbocycles. The summed E-state index contributed by atoms with van der Waals surface area (Å²) in [5.74, 6) is 0.540. The number of carbonyl (C=O) groups excluding carboxylic acids is 1. The first-order chi connectivity index (χ1) is 12.6. The number of nitrogens with one attached hydrogen (secondary N) is 2. The minimum Gasteiger partial charge on any atom is -0.465 e. The Morgan fingerprint density at radius 3 is 2.31 bits per heavy atom. The van der Waals surface area contributed by atoms with Crippen LogP contribution in [0, 0.1) is 0 Å². The molecule has 0 radical (unpaired) electrons. The largest absolute Gasteiger partial charge is 0.465 e. The van der Waals surface area contributed by atoms with Crippen molar-refractivity contribution < 1.29 is 9.53 Å². The summed E-state index contributed by atoms with van der Waals surface area (Å²) in [5.41, 5.74) is 1.52. The Hall–Kier alpha value is -2.83. The number of hydrogen-bond donors (Lipinski definition) is 2. The second-order valence-electron chi connectivity index (χ2n) is 5.17. The van der Waals surface area contributed by atoms with Gasteiger partial charge >= 0.3 is 5.97 Å². The van der Waals surface area contributed by atoms with Crippen LogP contribution in [0.15, 0.2) is 54.9 Å². The first-order valence-corrected chi connectivity index (χ1v) is 8.31. The standard InChI is InChI=1S/C18H14Cl2N4O2/c1-26-18(25)11-5-2-3-8-14(11)23-15-9-16(22-10-21-15)24-17-12(19)6-4-7-13(17)20/h2-10H,1H3,(H2,21,22,23,24). The third kappa shape index (κ3) is 4.04. The van der Waals surface area contributed by atoms with Gasteiger partial charge in [-0.2, -0.15) is 0 Å². The molecule has 0 atom stereocenters. The molecule has 0 amide bonds. The van der Waals surface area contributed by atoms with E-state index in [0.29, 0.717) is 38.6 Å². The molecule has 0 bridgehead atoms. The highest BCUT2D eigenvalue weighted by molar-refractivity contribution is 6.39. The van der Waals surface area contributed by atoms with Crippen LogP contribution in [0.3, 0.4) is 0 Å². The monoisotopic (exact) mass is 388 g/mol. The van der Waals surface area contributed by atoms with Gasteiger partial charge in [-0.3, -0.25) is 0 Å². The van der Waals surface area contributed by atoms with Crippen molar-refractivity contribution in [1.82, 2.24) is 9.97 Å². The second kappa shape index (κ2) is 8.03. The molecule has 3 rings (SSSR count). The van der Waals surface area contributed by atoms with Gasteiger partial charge in [-0.05, 0) is 24.3 Å². The number of carbonyl (C=O) groups is 1. The molecule has 2 N–H and O–H groups in total. The van der Waals surface area contributed by atoms with Crippen LogP contribution in [0.2, 0.25) is 10.0 Å². The minimum absolute atomic E-state index is 0.400. The summed E-state index contributed by atoms with van der Waals surface area (Å²) >= 11 is 12.3. The number of esters is 1. The smallest absolute Gasteiger partial charge is 0.339 e. The fourth-order valence-electron chi connectivity index (χ4n) is 2.26. The number of anilines is 4. The van der Waals surface area contributed by atoms with Crippen molar-refractivity contribution in [3.63, 3.8) is 0 Å². The average Bonchev–Trinajstić information content (AvgIpc) is 2.65. The molecule has 3 aromatic rings. The van der Waals surface area contributed by atoms with Gasteiger partial charge in [0, 0.05) is 6.07 Å². The van der Waals surface area contributed by atoms with Gasteiger partial charge in [-0.1, -0.05) is 41.4 Å².